The maximum absolute atomic E-state index is 4.92. The molecule has 11 rings (SSSR count). The number of benzene rings is 8. The van der Waals surface area contributed by atoms with Gasteiger partial charge in [-0.3, -0.25) is 0 Å². The van der Waals surface area contributed by atoms with Gasteiger partial charge in [0, 0.05) is 55.8 Å². The van der Waals surface area contributed by atoms with E-state index >= 15 is 0 Å². The molecule has 5 nitrogen and oxygen atoms in total. The van der Waals surface area contributed by atoms with Gasteiger partial charge in [-0.25, -0.2) is 15.0 Å². The predicted molar refractivity (Wildman–Crippen MR) is 230 cm³/mol. The molecule has 0 aliphatic carbocycles. The Balaban J connectivity index is 0.991. The number of nitrogens with zero attached hydrogens (tertiary/aromatic N) is 5. The fraction of sp³-hybridized carbons (Fsp3) is 0. The lowest BCUT2D eigenvalue weighted by molar-refractivity contribution is 1.07. The molecule has 0 fully saturated rings. The van der Waals surface area contributed by atoms with Crippen molar-refractivity contribution < 1.29 is 0 Å². The summed E-state index contributed by atoms with van der Waals surface area (Å²) in [5, 5.41) is 6.23. The minimum absolute atomic E-state index is 0.645. The minimum atomic E-state index is 0.645. The van der Waals surface area contributed by atoms with E-state index in [1.54, 1.807) is 0 Å². The van der Waals surface area contributed by atoms with Crippen LogP contribution in [0, 0.1) is 0 Å². The van der Waals surface area contributed by atoms with Crippen LogP contribution in [0.1, 0.15) is 0 Å². The van der Waals surface area contributed by atoms with Crippen molar-refractivity contribution in [2.75, 3.05) is 0 Å². The second kappa shape index (κ2) is 13.0. The van der Waals surface area contributed by atoms with Gasteiger partial charge >= 0.3 is 0 Å². The van der Waals surface area contributed by atoms with Crippen LogP contribution in [0.4, 0.5) is 0 Å². The van der Waals surface area contributed by atoms with Gasteiger partial charge in [0.1, 0.15) is 0 Å². The molecule has 5 heteroatoms. The van der Waals surface area contributed by atoms with Crippen LogP contribution < -0.4 is 0 Å². The van der Waals surface area contributed by atoms with Crippen LogP contribution in [-0.4, -0.2) is 24.1 Å². The van der Waals surface area contributed by atoms with E-state index in [-0.39, 0.29) is 0 Å². The van der Waals surface area contributed by atoms with E-state index in [0.717, 1.165) is 39.2 Å². The maximum atomic E-state index is 4.92. The van der Waals surface area contributed by atoms with Gasteiger partial charge in [-0.15, -0.1) is 0 Å². The molecule has 0 aliphatic heterocycles. The van der Waals surface area contributed by atoms with E-state index < -0.39 is 0 Å². The summed E-state index contributed by atoms with van der Waals surface area (Å²) in [6.07, 6.45) is 2.19. The fourth-order valence-electron chi connectivity index (χ4n) is 8.13. The maximum Gasteiger partial charge on any atom is 0.164 e. The van der Waals surface area contributed by atoms with Crippen molar-refractivity contribution in [1.29, 1.82) is 0 Å². The average molecular weight is 716 g/mol. The van der Waals surface area contributed by atoms with Crippen molar-refractivity contribution in [2.24, 2.45) is 0 Å². The van der Waals surface area contributed by atoms with E-state index in [1.807, 2.05) is 60.7 Å². The Labute approximate surface area is 323 Å². The Kier molecular flexibility index (Phi) is 7.42. The standard InChI is InChI=1S/C51H33N5/c1-4-12-38(13-5-1)49-52-50(39-14-6-2-7-15-39)54-51(53-49)40-24-20-34(21-25-40)35-26-29-42(30-27-35)56-44-19-11-10-18-43(44)47-45(56)31-28-36-22-23-37-32-33-55(48(37)46(36)47)41-16-8-3-9-17-41/h1-33H. The molecule has 0 saturated heterocycles. The molecular weight excluding hydrogens is 683 g/mol. The highest BCUT2D eigenvalue weighted by Crippen LogP contribution is 2.41. The van der Waals surface area contributed by atoms with Crippen LogP contribution in [0.15, 0.2) is 200 Å². The summed E-state index contributed by atoms with van der Waals surface area (Å²) in [5.41, 5.74) is 11.0. The second-order valence-electron chi connectivity index (χ2n) is 14.1. The Morgan fingerprint density at radius 3 is 1.46 bits per heavy atom. The minimum Gasteiger partial charge on any atom is -0.316 e. The number of hydrogen-bond donors (Lipinski definition) is 0. The smallest absolute Gasteiger partial charge is 0.164 e. The summed E-state index contributed by atoms with van der Waals surface area (Å²) >= 11 is 0. The molecule has 0 unspecified atom stereocenters. The first-order chi connectivity index (χ1) is 27.8. The third-order valence-corrected chi connectivity index (χ3v) is 10.8. The van der Waals surface area contributed by atoms with Crippen LogP contribution in [0.3, 0.4) is 0 Å². The fourth-order valence-corrected chi connectivity index (χ4v) is 8.13. The van der Waals surface area contributed by atoms with Crippen LogP contribution in [-0.2, 0) is 0 Å². The number of para-hydroxylation sites is 2. The molecule has 0 saturated carbocycles. The number of rotatable bonds is 6. The van der Waals surface area contributed by atoms with Crippen molar-refractivity contribution in [2.45, 2.75) is 0 Å². The lowest BCUT2D eigenvalue weighted by Gasteiger charge is -2.12. The van der Waals surface area contributed by atoms with Gasteiger partial charge < -0.3 is 9.13 Å². The quantitative estimate of drug-likeness (QED) is 0.172. The molecule has 0 bridgehead atoms. The largest absolute Gasteiger partial charge is 0.316 e. The van der Waals surface area contributed by atoms with E-state index in [9.17, 15) is 0 Å². The third-order valence-electron chi connectivity index (χ3n) is 10.8. The molecule has 56 heavy (non-hydrogen) atoms. The lowest BCUT2D eigenvalue weighted by atomic mass is 10.0. The Hall–Kier alpha value is -7.63. The van der Waals surface area contributed by atoms with Gasteiger partial charge in [-0.2, -0.15) is 0 Å². The summed E-state index contributed by atoms with van der Waals surface area (Å²) in [5.74, 6) is 1.95. The zero-order chi connectivity index (χ0) is 37.0. The highest BCUT2D eigenvalue weighted by molar-refractivity contribution is 6.27. The van der Waals surface area contributed by atoms with Gasteiger partial charge in [0.15, 0.2) is 17.5 Å². The van der Waals surface area contributed by atoms with Crippen LogP contribution in [0.5, 0.6) is 0 Å². The molecule has 0 aliphatic rings. The topological polar surface area (TPSA) is 48.5 Å². The molecule has 3 heterocycles. The van der Waals surface area contributed by atoms with Crippen molar-refractivity contribution in [3.05, 3.63) is 200 Å². The molecule has 0 atom stereocenters. The van der Waals surface area contributed by atoms with Gasteiger partial charge in [-0.05, 0) is 59.0 Å². The van der Waals surface area contributed by atoms with Crippen molar-refractivity contribution in [1.82, 2.24) is 24.1 Å². The average Bonchev–Trinajstić information content (AvgIpc) is 3.87. The molecule has 0 amide bonds. The molecule has 3 aromatic heterocycles. The Morgan fingerprint density at radius 1 is 0.321 bits per heavy atom. The van der Waals surface area contributed by atoms with Crippen LogP contribution >= 0.6 is 0 Å². The number of aromatic nitrogens is 5. The van der Waals surface area contributed by atoms with Crippen LogP contribution in [0.2, 0.25) is 0 Å². The molecule has 0 N–H and O–H groups in total. The SMILES string of the molecule is c1ccc(-c2nc(-c3ccccc3)nc(-c3ccc(-c4ccc(-n5c6ccccc6c6c7c(ccc8ccn(-c9ccccc9)c87)ccc65)cc4)cc3)n2)cc1. The number of hydrogen-bond acceptors (Lipinski definition) is 3. The van der Waals surface area contributed by atoms with E-state index in [0.29, 0.717) is 17.5 Å². The van der Waals surface area contributed by atoms with Gasteiger partial charge in [0.2, 0.25) is 0 Å². The first kappa shape index (κ1) is 31.9. The van der Waals surface area contributed by atoms with E-state index in [2.05, 4.69) is 149 Å². The zero-order valence-electron chi connectivity index (χ0n) is 30.3. The summed E-state index contributed by atoms with van der Waals surface area (Å²) < 4.78 is 4.73. The highest BCUT2D eigenvalue weighted by atomic mass is 15.0. The normalized spacial score (nSPS) is 11.6. The van der Waals surface area contributed by atoms with Gasteiger partial charge in [0.05, 0.1) is 16.6 Å². The first-order valence-corrected chi connectivity index (χ1v) is 18.9. The van der Waals surface area contributed by atoms with Crippen molar-refractivity contribution >= 4 is 43.5 Å². The Bertz CT molecular complexity index is 3140. The molecular formula is C51H33N5. The predicted octanol–water partition coefficient (Wildman–Crippen LogP) is 12.7. The van der Waals surface area contributed by atoms with E-state index in [4.69, 9.17) is 15.0 Å². The summed E-state index contributed by atoms with van der Waals surface area (Å²) in [7, 11) is 0. The lowest BCUT2D eigenvalue weighted by Crippen LogP contribution is -2.00. The molecule has 262 valence electrons. The molecule has 11 aromatic rings. The third kappa shape index (κ3) is 5.29. The number of fused-ring (bicyclic) bond motifs is 7. The molecule has 0 spiro atoms. The summed E-state index contributed by atoms with van der Waals surface area (Å²) in [6, 6.07) is 68.2. The van der Waals surface area contributed by atoms with Crippen LogP contribution in [0.25, 0.3) is 100 Å². The Morgan fingerprint density at radius 2 is 0.821 bits per heavy atom. The van der Waals surface area contributed by atoms with Crippen molar-refractivity contribution in [3.63, 3.8) is 0 Å². The van der Waals surface area contributed by atoms with Crippen molar-refractivity contribution in [3.8, 4) is 56.7 Å². The first-order valence-electron chi connectivity index (χ1n) is 18.9. The summed E-state index contributed by atoms with van der Waals surface area (Å²) in [4.78, 5) is 14.7. The molecule has 0 radical (unpaired) electrons. The summed E-state index contributed by atoms with van der Waals surface area (Å²) in [6.45, 7) is 0. The zero-order valence-corrected chi connectivity index (χ0v) is 30.3. The van der Waals surface area contributed by atoms with Gasteiger partial charge in [-0.1, -0.05) is 152 Å². The second-order valence-corrected chi connectivity index (χ2v) is 14.1. The monoisotopic (exact) mass is 715 g/mol. The van der Waals surface area contributed by atoms with E-state index in [1.165, 1.54) is 43.5 Å². The highest BCUT2D eigenvalue weighted by Gasteiger charge is 2.18. The van der Waals surface area contributed by atoms with Gasteiger partial charge in [0.25, 0.3) is 0 Å². The molecule has 8 aromatic carbocycles.